The topological polar surface area (TPSA) is 26.3 Å². The van der Waals surface area contributed by atoms with E-state index in [0.717, 1.165) is 16.1 Å². The van der Waals surface area contributed by atoms with E-state index in [0.29, 0.717) is 11.3 Å². The van der Waals surface area contributed by atoms with Gasteiger partial charge in [0.1, 0.15) is 11.6 Å². The zero-order valence-electron chi connectivity index (χ0n) is 9.72. The number of rotatable bonds is 4. The lowest BCUT2D eigenvalue weighted by Gasteiger charge is -2.06. The Kier molecular flexibility index (Phi) is 3.99. The zero-order chi connectivity index (χ0) is 13.0. The Hall–Kier alpha value is -1.81. The minimum atomic E-state index is -0.273. The van der Waals surface area contributed by atoms with E-state index in [-0.39, 0.29) is 5.82 Å². The van der Waals surface area contributed by atoms with Crippen LogP contribution in [0.1, 0.15) is 10.4 Å². The van der Waals surface area contributed by atoms with Crippen molar-refractivity contribution in [1.29, 1.82) is 0 Å². The zero-order valence-corrected chi connectivity index (χ0v) is 10.5. The lowest BCUT2D eigenvalue weighted by Crippen LogP contribution is -1.89. The third-order valence-corrected chi connectivity index (χ3v) is 3.48. The molecule has 0 N–H and O–H groups in total. The van der Waals surface area contributed by atoms with Crippen molar-refractivity contribution in [3.63, 3.8) is 0 Å². The molecule has 0 fully saturated rings. The predicted octanol–water partition coefficient (Wildman–Crippen LogP) is 3.80. The summed E-state index contributed by atoms with van der Waals surface area (Å²) in [6.07, 6.45) is 0.786. The monoisotopic (exact) mass is 262 g/mol. The van der Waals surface area contributed by atoms with Gasteiger partial charge in [-0.3, -0.25) is 4.79 Å². The molecule has 2 aromatic carbocycles. The summed E-state index contributed by atoms with van der Waals surface area (Å²) in [5.74, 6) is 0.366. The molecular formula is C14H11FO2S. The van der Waals surface area contributed by atoms with Crippen LogP contribution in [0.25, 0.3) is 0 Å². The second-order valence-corrected chi connectivity index (χ2v) is 4.69. The van der Waals surface area contributed by atoms with Crippen LogP contribution in [0.4, 0.5) is 4.39 Å². The van der Waals surface area contributed by atoms with Crippen molar-refractivity contribution < 1.29 is 13.9 Å². The molecule has 0 aliphatic carbocycles. The van der Waals surface area contributed by atoms with E-state index in [1.165, 1.54) is 23.9 Å². The molecule has 2 rings (SSSR count). The molecule has 0 saturated carbocycles. The number of methoxy groups -OCH3 is 1. The molecule has 0 bridgehead atoms. The van der Waals surface area contributed by atoms with E-state index in [9.17, 15) is 9.18 Å². The maximum atomic E-state index is 12.8. The Morgan fingerprint density at radius 3 is 2.50 bits per heavy atom. The first-order valence-electron chi connectivity index (χ1n) is 5.29. The van der Waals surface area contributed by atoms with Gasteiger partial charge in [0.25, 0.3) is 0 Å². The van der Waals surface area contributed by atoms with E-state index < -0.39 is 0 Å². The van der Waals surface area contributed by atoms with E-state index >= 15 is 0 Å². The number of carbonyl (C=O) groups excluding carboxylic acids is 1. The van der Waals surface area contributed by atoms with Crippen molar-refractivity contribution in [2.45, 2.75) is 9.79 Å². The van der Waals surface area contributed by atoms with Crippen LogP contribution in [0.3, 0.4) is 0 Å². The summed E-state index contributed by atoms with van der Waals surface area (Å²) in [7, 11) is 1.55. The van der Waals surface area contributed by atoms with Gasteiger partial charge >= 0.3 is 0 Å². The molecule has 4 heteroatoms. The van der Waals surface area contributed by atoms with Crippen molar-refractivity contribution in [2.24, 2.45) is 0 Å². The molecule has 0 radical (unpaired) electrons. The second-order valence-electron chi connectivity index (χ2n) is 3.58. The highest BCUT2D eigenvalue weighted by molar-refractivity contribution is 7.99. The van der Waals surface area contributed by atoms with Crippen LogP contribution in [0.5, 0.6) is 5.75 Å². The number of benzene rings is 2. The fourth-order valence-electron chi connectivity index (χ4n) is 1.47. The summed E-state index contributed by atoms with van der Waals surface area (Å²) in [5, 5.41) is 0. The summed E-state index contributed by atoms with van der Waals surface area (Å²) in [4.78, 5) is 12.7. The number of hydrogen-bond acceptors (Lipinski definition) is 3. The molecule has 18 heavy (non-hydrogen) atoms. The van der Waals surface area contributed by atoms with Gasteiger partial charge in [0.15, 0.2) is 6.29 Å². The molecule has 2 aromatic rings. The highest BCUT2D eigenvalue weighted by Gasteiger charge is 2.06. The van der Waals surface area contributed by atoms with Crippen LogP contribution in [-0.2, 0) is 0 Å². The number of aldehydes is 1. The molecule has 0 unspecified atom stereocenters. The first kappa shape index (κ1) is 12.6. The van der Waals surface area contributed by atoms with Crippen LogP contribution < -0.4 is 4.74 Å². The van der Waals surface area contributed by atoms with Crippen LogP contribution >= 0.6 is 11.8 Å². The SMILES string of the molecule is COc1ccc(Sc2ccc(F)cc2)c(C=O)c1. The van der Waals surface area contributed by atoms with Crippen LogP contribution in [0, 0.1) is 5.82 Å². The van der Waals surface area contributed by atoms with Crippen LogP contribution in [0.2, 0.25) is 0 Å². The average Bonchev–Trinajstić information content (AvgIpc) is 2.41. The lowest BCUT2D eigenvalue weighted by atomic mass is 10.2. The van der Waals surface area contributed by atoms with Crippen molar-refractivity contribution >= 4 is 18.0 Å². The Morgan fingerprint density at radius 1 is 1.17 bits per heavy atom. The van der Waals surface area contributed by atoms with Gasteiger partial charge in [0, 0.05) is 15.4 Å². The second kappa shape index (κ2) is 5.69. The number of halogens is 1. The van der Waals surface area contributed by atoms with Crippen LogP contribution in [0.15, 0.2) is 52.3 Å². The van der Waals surface area contributed by atoms with Crippen LogP contribution in [-0.4, -0.2) is 13.4 Å². The molecule has 92 valence electrons. The molecule has 0 saturated heterocycles. The number of carbonyl (C=O) groups is 1. The smallest absolute Gasteiger partial charge is 0.151 e. The van der Waals surface area contributed by atoms with Gasteiger partial charge in [-0.2, -0.15) is 0 Å². The van der Waals surface area contributed by atoms with Gasteiger partial charge in [0.2, 0.25) is 0 Å². The lowest BCUT2D eigenvalue weighted by molar-refractivity contribution is 0.112. The Balaban J connectivity index is 2.28. The molecular weight excluding hydrogens is 251 g/mol. The maximum Gasteiger partial charge on any atom is 0.151 e. The molecule has 0 heterocycles. The van der Waals surface area contributed by atoms with E-state index in [4.69, 9.17) is 4.74 Å². The fourth-order valence-corrected chi connectivity index (χ4v) is 2.36. The standard InChI is InChI=1S/C14H11FO2S/c1-17-12-4-7-14(10(8-12)9-16)18-13-5-2-11(15)3-6-13/h2-9H,1H3. The molecule has 0 aliphatic heterocycles. The van der Waals surface area contributed by atoms with Gasteiger partial charge < -0.3 is 4.74 Å². The minimum absolute atomic E-state index is 0.273. The molecule has 0 aromatic heterocycles. The van der Waals surface area contributed by atoms with Gasteiger partial charge in [-0.1, -0.05) is 11.8 Å². The van der Waals surface area contributed by atoms with Crippen molar-refractivity contribution in [2.75, 3.05) is 7.11 Å². The minimum Gasteiger partial charge on any atom is -0.497 e. The number of hydrogen-bond donors (Lipinski definition) is 0. The van der Waals surface area contributed by atoms with E-state index in [2.05, 4.69) is 0 Å². The van der Waals surface area contributed by atoms with Gasteiger partial charge in [-0.15, -0.1) is 0 Å². The van der Waals surface area contributed by atoms with Crippen molar-refractivity contribution in [1.82, 2.24) is 0 Å². The molecule has 0 atom stereocenters. The molecule has 0 spiro atoms. The first-order valence-corrected chi connectivity index (χ1v) is 6.11. The van der Waals surface area contributed by atoms with Gasteiger partial charge in [-0.25, -0.2) is 4.39 Å². The summed E-state index contributed by atoms with van der Waals surface area (Å²) < 4.78 is 17.8. The third-order valence-electron chi connectivity index (χ3n) is 2.39. The average molecular weight is 262 g/mol. The fraction of sp³-hybridized carbons (Fsp3) is 0.0714. The first-order chi connectivity index (χ1) is 8.72. The van der Waals surface area contributed by atoms with E-state index in [1.807, 2.05) is 6.07 Å². The predicted molar refractivity (Wildman–Crippen MR) is 68.9 cm³/mol. The maximum absolute atomic E-state index is 12.8. The Labute approximate surface area is 109 Å². The molecule has 2 nitrogen and oxygen atoms in total. The highest BCUT2D eigenvalue weighted by atomic mass is 32.2. The quantitative estimate of drug-likeness (QED) is 0.784. The Morgan fingerprint density at radius 2 is 1.89 bits per heavy atom. The molecule has 0 amide bonds. The summed E-state index contributed by atoms with van der Waals surface area (Å²) in [6, 6.07) is 11.4. The molecule has 0 aliphatic rings. The summed E-state index contributed by atoms with van der Waals surface area (Å²) >= 11 is 1.41. The number of ether oxygens (including phenoxy) is 1. The van der Waals surface area contributed by atoms with Crippen molar-refractivity contribution in [3.8, 4) is 5.75 Å². The third kappa shape index (κ3) is 2.90. The van der Waals surface area contributed by atoms with Gasteiger partial charge in [-0.05, 0) is 42.5 Å². The largest absolute Gasteiger partial charge is 0.497 e. The van der Waals surface area contributed by atoms with Gasteiger partial charge in [0.05, 0.1) is 7.11 Å². The summed E-state index contributed by atoms with van der Waals surface area (Å²) in [5.41, 5.74) is 0.559. The Bertz CT molecular complexity index is 552. The summed E-state index contributed by atoms with van der Waals surface area (Å²) in [6.45, 7) is 0. The highest BCUT2D eigenvalue weighted by Crippen LogP contribution is 2.31. The van der Waals surface area contributed by atoms with Crippen molar-refractivity contribution in [3.05, 3.63) is 53.8 Å². The normalized spacial score (nSPS) is 10.1. The van der Waals surface area contributed by atoms with E-state index in [1.54, 1.807) is 31.4 Å².